The number of benzene rings is 1. The van der Waals surface area contributed by atoms with E-state index >= 15 is 0 Å². The average molecular weight is 454 g/mol. The highest BCUT2D eigenvalue weighted by Crippen LogP contribution is 2.35. The lowest BCUT2D eigenvalue weighted by Gasteiger charge is -2.31. The number of nitrogens with one attached hydrogen (secondary N) is 2. The molecule has 0 spiro atoms. The van der Waals surface area contributed by atoms with Crippen LogP contribution in [0.1, 0.15) is 19.8 Å². The van der Waals surface area contributed by atoms with E-state index in [-0.39, 0.29) is 18.1 Å². The van der Waals surface area contributed by atoms with E-state index in [9.17, 15) is 9.59 Å². The fraction of sp³-hybridized carbons (Fsp3) is 0.364. The number of thiazole rings is 1. The van der Waals surface area contributed by atoms with Crippen molar-refractivity contribution in [3.63, 3.8) is 0 Å². The van der Waals surface area contributed by atoms with Gasteiger partial charge in [0.1, 0.15) is 11.9 Å². The van der Waals surface area contributed by atoms with Crippen LogP contribution in [0.4, 0.5) is 21.4 Å². The van der Waals surface area contributed by atoms with Crippen LogP contribution in [0.2, 0.25) is 0 Å². The molecular weight excluding hydrogens is 430 g/mol. The van der Waals surface area contributed by atoms with Gasteiger partial charge < -0.3 is 20.1 Å². The Labute approximate surface area is 188 Å². The SMILES string of the molecule is CC(=O)Nc1nc2ccc(-c3cnc4c(c3)N(C(=O)OC3CCOCC3)CCN4)cc2s1. The maximum Gasteiger partial charge on any atom is 0.414 e. The third-order valence-corrected chi connectivity index (χ3v) is 6.38. The molecule has 1 fully saturated rings. The first-order valence-electron chi connectivity index (χ1n) is 10.6. The Bertz CT molecular complexity index is 1170. The van der Waals surface area contributed by atoms with Gasteiger partial charge in [0.15, 0.2) is 5.13 Å². The van der Waals surface area contributed by atoms with Crippen LogP contribution in [-0.4, -0.2) is 54.4 Å². The standard InChI is InChI=1S/C22H23N5O4S/c1-13(28)25-21-26-17-3-2-14(11-19(17)32-21)15-10-18-20(24-12-15)23-6-7-27(18)22(29)31-16-4-8-30-9-5-16/h2-3,10-12,16H,4-9H2,1H3,(H,23,24)(H,25,26,28). The highest BCUT2D eigenvalue weighted by molar-refractivity contribution is 7.22. The van der Waals surface area contributed by atoms with E-state index in [2.05, 4.69) is 20.6 Å². The summed E-state index contributed by atoms with van der Waals surface area (Å²) in [5.74, 6) is 0.513. The molecule has 166 valence electrons. The Hall–Kier alpha value is -3.24. The summed E-state index contributed by atoms with van der Waals surface area (Å²) in [7, 11) is 0. The van der Waals surface area contributed by atoms with Gasteiger partial charge in [-0.15, -0.1) is 0 Å². The van der Waals surface area contributed by atoms with Crippen molar-refractivity contribution >= 4 is 50.2 Å². The monoisotopic (exact) mass is 453 g/mol. The molecular formula is C22H23N5O4S. The largest absolute Gasteiger partial charge is 0.446 e. The zero-order valence-corrected chi connectivity index (χ0v) is 18.4. The molecule has 0 aliphatic carbocycles. The van der Waals surface area contributed by atoms with Crippen molar-refractivity contribution in [3.8, 4) is 11.1 Å². The quantitative estimate of drug-likeness (QED) is 0.620. The number of hydrogen-bond donors (Lipinski definition) is 2. The molecule has 32 heavy (non-hydrogen) atoms. The van der Waals surface area contributed by atoms with Gasteiger partial charge in [0.25, 0.3) is 0 Å². The second kappa shape index (κ2) is 8.71. The molecule has 9 nitrogen and oxygen atoms in total. The van der Waals surface area contributed by atoms with E-state index in [0.717, 1.165) is 34.2 Å². The molecule has 0 saturated carbocycles. The van der Waals surface area contributed by atoms with Crippen LogP contribution in [0.15, 0.2) is 30.5 Å². The summed E-state index contributed by atoms with van der Waals surface area (Å²) >= 11 is 1.42. The maximum atomic E-state index is 12.9. The molecule has 0 bridgehead atoms. The summed E-state index contributed by atoms with van der Waals surface area (Å²) in [6.45, 7) is 3.81. The molecule has 2 aliphatic heterocycles. The van der Waals surface area contributed by atoms with Crippen LogP contribution in [0, 0.1) is 0 Å². The Morgan fingerprint density at radius 2 is 2.09 bits per heavy atom. The average Bonchev–Trinajstić information content (AvgIpc) is 3.19. The number of pyridine rings is 1. The number of ether oxygens (including phenoxy) is 2. The topological polar surface area (TPSA) is 106 Å². The van der Waals surface area contributed by atoms with Crippen molar-refractivity contribution in [2.75, 3.05) is 41.8 Å². The van der Waals surface area contributed by atoms with E-state index in [1.165, 1.54) is 18.3 Å². The molecule has 0 radical (unpaired) electrons. The first kappa shape index (κ1) is 20.7. The molecule has 0 atom stereocenters. The normalized spacial score (nSPS) is 16.3. The van der Waals surface area contributed by atoms with Crippen LogP contribution < -0.4 is 15.5 Å². The third-order valence-electron chi connectivity index (χ3n) is 5.45. The number of fused-ring (bicyclic) bond motifs is 2. The van der Waals surface area contributed by atoms with Gasteiger partial charge in [0, 0.05) is 44.6 Å². The lowest BCUT2D eigenvalue weighted by atomic mass is 10.1. The second-order valence-electron chi connectivity index (χ2n) is 7.75. The van der Waals surface area contributed by atoms with Crippen molar-refractivity contribution in [1.29, 1.82) is 0 Å². The summed E-state index contributed by atoms with van der Waals surface area (Å²) in [6.07, 6.45) is 2.76. The van der Waals surface area contributed by atoms with Gasteiger partial charge in [-0.05, 0) is 23.8 Å². The number of hydrogen-bond acceptors (Lipinski definition) is 8. The van der Waals surface area contributed by atoms with Gasteiger partial charge in [0.05, 0.1) is 29.1 Å². The Kier molecular flexibility index (Phi) is 5.62. The van der Waals surface area contributed by atoms with Crippen LogP contribution in [-0.2, 0) is 14.3 Å². The molecule has 0 unspecified atom stereocenters. The Morgan fingerprint density at radius 3 is 2.91 bits per heavy atom. The fourth-order valence-corrected chi connectivity index (χ4v) is 4.81. The van der Waals surface area contributed by atoms with Crippen molar-refractivity contribution in [2.45, 2.75) is 25.9 Å². The number of carbonyl (C=O) groups is 2. The van der Waals surface area contributed by atoms with E-state index in [1.54, 1.807) is 11.1 Å². The van der Waals surface area contributed by atoms with Gasteiger partial charge in [0.2, 0.25) is 5.91 Å². The van der Waals surface area contributed by atoms with Crippen LogP contribution in [0.3, 0.4) is 0 Å². The molecule has 3 aromatic rings. The number of nitrogens with zero attached hydrogens (tertiary/aromatic N) is 3. The number of aromatic nitrogens is 2. The van der Waals surface area contributed by atoms with Gasteiger partial charge in [-0.1, -0.05) is 17.4 Å². The number of anilines is 3. The van der Waals surface area contributed by atoms with Crippen molar-refractivity contribution in [1.82, 2.24) is 9.97 Å². The molecule has 2 amide bonds. The molecule has 1 aromatic carbocycles. The third kappa shape index (κ3) is 4.23. The highest BCUT2D eigenvalue weighted by Gasteiger charge is 2.28. The molecule has 2 aliphatic rings. The van der Waals surface area contributed by atoms with E-state index in [1.807, 2.05) is 24.3 Å². The molecule has 2 aromatic heterocycles. The summed E-state index contributed by atoms with van der Waals surface area (Å²) in [5, 5.41) is 6.55. The lowest BCUT2D eigenvalue weighted by molar-refractivity contribution is -0.114. The Morgan fingerprint density at radius 1 is 1.25 bits per heavy atom. The van der Waals surface area contributed by atoms with Crippen LogP contribution in [0.25, 0.3) is 21.3 Å². The van der Waals surface area contributed by atoms with Gasteiger partial charge in [-0.3, -0.25) is 9.69 Å². The summed E-state index contributed by atoms with van der Waals surface area (Å²) in [5.41, 5.74) is 3.35. The van der Waals surface area contributed by atoms with E-state index in [4.69, 9.17) is 9.47 Å². The number of rotatable bonds is 3. The second-order valence-corrected chi connectivity index (χ2v) is 8.78. The molecule has 4 heterocycles. The molecule has 5 rings (SSSR count). The first-order valence-corrected chi connectivity index (χ1v) is 11.4. The van der Waals surface area contributed by atoms with Crippen molar-refractivity contribution < 1.29 is 19.1 Å². The number of carbonyl (C=O) groups excluding carboxylic acids is 2. The summed E-state index contributed by atoms with van der Waals surface area (Å²) in [4.78, 5) is 34.9. The Balaban J connectivity index is 1.42. The van der Waals surface area contributed by atoms with E-state index < -0.39 is 0 Å². The predicted molar refractivity (Wildman–Crippen MR) is 123 cm³/mol. The van der Waals surface area contributed by atoms with Gasteiger partial charge in [-0.2, -0.15) is 0 Å². The first-order chi connectivity index (χ1) is 15.6. The predicted octanol–water partition coefficient (Wildman–Crippen LogP) is 3.86. The molecule has 1 saturated heterocycles. The smallest absolute Gasteiger partial charge is 0.414 e. The molecule has 10 heteroatoms. The van der Waals surface area contributed by atoms with Crippen LogP contribution in [0.5, 0.6) is 0 Å². The van der Waals surface area contributed by atoms with Gasteiger partial charge in [-0.25, -0.2) is 14.8 Å². The van der Waals surface area contributed by atoms with Gasteiger partial charge >= 0.3 is 6.09 Å². The minimum Gasteiger partial charge on any atom is -0.446 e. The molecule has 2 N–H and O–H groups in total. The zero-order chi connectivity index (χ0) is 22.1. The minimum absolute atomic E-state index is 0.114. The van der Waals surface area contributed by atoms with Crippen molar-refractivity contribution in [3.05, 3.63) is 30.5 Å². The zero-order valence-electron chi connectivity index (χ0n) is 17.6. The van der Waals surface area contributed by atoms with Crippen LogP contribution >= 0.6 is 11.3 Å². The summed E-state index contributed by atoms with van der Waals surface area (Å²) in [6, 6.07) is 7.85. The summed E-state index contributed by atoms with van der Waals surface area (Å²) < 4.78 is 12.0. The van der Waals surface area contributed by atoms with E-state index in [0.29, 0.717) is 42.9 Å². The maximum absolute atomic E-state index is 12.9. The number of amides is 2. The highest BCUT2D eigenvalue weighted by atomic mass is 32.1. The van der Waals surface area contributed by atoms with Crippen molar-refractivity contribution in [2.24, 2.45) is 0 Å². The minimum atomic E-state index is -0.351. The lowest BCUT2D eigenvalue weighted by Crippen LogP contribution is -2.41. The fourth-order valence-electron chi connectivity index (χ4n) is 3.86.